The maximum Gasteiger partial charge on any atom is 0.274 e. The molecule has 2 aromatic heterocycles. The van der Waals surface area contributed by atoms with Crippen molar-refractivity contribution in [3.63, 3.8) is 0 Å². The fourth-order valence-electron chi connectivity index (χ4n) is 8.31. The zero-order valence-corrected chi connectivity index (χ0v) is 21.2. The Morgan fingerprint density at radius 3 is 2.46 bits per heavy atom. The molecule has 7 nitrogen and oxygen atoms in total. The van der Waals surface area contributed by atoms with E-state index < -0.39 is 0 Å². The molecule has 1 N–H and O–H groups in total. The van der Waals surface area contributed by atoms with Crippen LogP contribution in [-0.4, -0.2) is 70.0 Å². The van der Waals surface area contributed by atoms with Gasteiger partial charge in [0.15, 0.2) is 5.69 Å². The fraction of sp³-hybridized carbons (Fsp3) is 0.679. The molecule has 4 aliphatic carbocycles. The number of hydrogen-bond donors (Lipinski definition) is 1. The minimum Gasteiger partial charge on any atom is -0.351 e. The van der Waals surface area contributed by atoms with Crippen molar-refractivity contribution in [3.8, 4) is 0 Å². The Kier molecular flexibility index (Phi) is 5.86. The quantitative estimate of drug-likeness (QED) is 0.658. The number of carbonyl (C=O) groups excluding carboxylic acids is 2. The summed E-state index contributed by atoms with van der Waals surface area (Å²) in [4.78, 5) is 30.9. The Hall–Kier alpha value is -2.41. The third kappa shape index (κ3) is 4.15. The Labute approximate surface area is 208 Å². The molecular weight excluding hydrogens is 438 g/mol. The fourth-order valence-corrected chi connectivity index (χ4v) is 8.31. The highest BCUT2D eigenvalue weighted by molar-refractivity contribution is 6.02. The Morgan fingerprint density at radius 2 is 1.80 bits per heavy atom. The second-order valence-corrected chi connectivity index (χ2v) is 11.8. The van der Waals surface area contributed by atoms with Crippen LogP contribution in [0.1, 0.15) is 79.6 Å². The number of carbonyl (C=O) groups is 2. The van der Waals surface area contributed by atoms with Gasteiger partial charge < -0.3 is 10.2 Å². The van der Waals surface area contributed by atoms with E-state index in [1.165, 1.54) is 38.5 Å². The first-order valence-corrected chi connectivity index (χ1v) is 13.8. The molecule has 4 saturated carbocycles. The number of rotatable bonds is 7. The largest absolute Gasteiger partial charge is 0.351 e. The lowest BCUT2D eigenvalue weighted by atomic mass is 9.49. The molecule has 5 aliphatic rings. The number of amides is 2. The summed E-state index contributed by atoms with van der Waals surface area (Å²) >= 11 is 0. The van der Waals surface area contributed by atoms with Gasteiger partial charge in [-0.25, -0.2) is 4.52 Å². The van der Waals surface area contributed by atoms with Crippen molar-refractivity contribution >= 4 is 17.3 Å². The van der Waals surface area contributed by atoms with Crippen molar-refractivity contribution in [2.24, 2.45) is 23.2 Å². The zero-order valence-electron chi connectivity index (χ0n) is 21.2. The van der Waals surface area contributed by atoms with Gasteiger partial charge in [0.1, 0.15) is 0 Å². The molecule has 0 unspecified atom stereocenters. The van der Waals surface area contributed by atoms with E-state index in [4.69, 9.17) is 0 Å². The summed E-state index contributed by atoms with van der Waals surface area (Å²) in [6.45, 7) is 8.62. The summed E-state index contributed by atoms with van der Waals surface area (Å²) < 4.78 is 1.69. The van der Waals surface area contributed by atoms with Gasteiger partial charge in [0.25, 0.3) is 11.8 Å². The number of aromatic nitrogens is 2. The molecule has 2 amide bonds. The van der Waals surface area contributed by atoms with Crippen molar-refractivity contribution in [3.05, 3.63) is 35.7 Å². The van der Waals surface area contributed by atoms with Gasteiger partial charge in [-0.2, -0.15) is 5.10 Å². The van der Waals surface area contributed by atoms with E-state index in [0.29, 0.717) is 28.2 Å². The first-order chi connectivity index (χ1) is 17.0. The molecule has 35 heavy (non-hydrogen) atoms. The van der Waals surface area contributed by atoms with E-state index in [-0.39, 0.29) is 11.8 Å². The maximum atomic E-state index is 13.3. The van der Waals surface area contributed by atoms with Crippen LogP contribution >= 0.6 is 0 Å². The molecular formula is C28H39N5O2. The number of likely N-dealkylation sites (N-methyl/N-ethyl adjacent to an activating group) is 1. The van der Waals surface area contributed by atoms with Crippen LogP contribution in [-0.2, 0) is 0 Å². The van der Waals surface area contributed by atoms with Crippen molar-refractivity contribution in [2.75, 3.05) is 32.7 Å². The molecule has 2 aromatic rings. The van der Waals surface area contributed by atoms with Crippen LogP contribution < -0.4 is 5.32 Å². The topological polar surface area (TPSA) is 70.0 Å². The van der Waals surface area contributed by atoms with Gasteiger partial charge in [0, 0.05) is 31.9 Å². The van der Waals surface area contributed by atoms with E-state index in [1.54, 1.807) is 10.6 Å². The number of pyridine rings is 1. The van der Waals surface area contributed by atoms with Crippen molar-refractivity contribution in [2.45, 2.75) is 64.8 Å². The smallest absolute Gasteiger partial charge is 0.274 e. The second kappa shape index (κ2) is 8.91. The van der Waals surface area contributed by atoms with Gasteiger partial charge in [-0.1, -0.05) is 13.8 Å². The highest BCUT2D eigenvalue weighted by Crippen LogP contribution is 2.59. The Balaban J connectivity index is 1.16. The molecule has 188 valence electrons. The minimum atomic E-state index is -0.0481. The van der Waals surface area contributed by atoms with Crippen LogP contribution in [0.15, 0.2) is 24.4 Å². The van der Waals surface area contributed by atoms with Gasteiger partial charge in [0.2, 0.25) is 0 Å². The average Bonchev–Trinajstić information content (AvgIpc) is 3.50. The first kappa shape index (κ1) is 23.0. The number of likely N-dealkylation sites (tertiary alicyclic amines) is 1. The second-order valence-electron chi connectivity index (χ2n) is 11.8. The zero-order chi connectivity index (χ0) is 24.2. The van der Waals surface area contributed by atoms with Crippen molar-refractivity contribution < 1.29 is 9.59 Å². The van der Waals surface area contributed by atoms with Gasteiger partial charge in [-0.05, 0) is 99.4 Å². The lowest BCUT2D eigenvalue weighted by Gasteiger charge is -2.56. The summed E-state index contributed by atoms with van der Waals surface area (Å²) in [5.74, 6) is 2.53. The predicted octanol–water partition coefficient (Wildman–Crippen LogP) is 3.84. The molecule has 4 bridgehead atoms. The van der Waals surface area contributed by atoms with Crippen LogP contribution in [0.5, 0.6) is 0 Å². The monoisotopic (exact) mass is 477 g/mol. The number of fused-ring (bicyclic) bond motifs is 1. The van der Waals surface area contributed by atoms with Crippen LogP contribution in [0.25, 0.3) is 5.52 Å². The summed E-state index contributed by atoms with van der Waals surface area (Å²) in [6, 6.07) is 5.91. The molecule has 7 heteroatoms. The third-order valence-electron chi connectivity index (χ3n) is 9.53. The SMILES string of the molecule is CCN(CC)[C@@H]1CCN(C(=O)c2cc3c(C(=O)NCC45CC6CC(CC(C6)C4)C5)cccn3n2)C1. The first-order valence-electron chi connectivity index (χ1n) is 13.8. The highest BCUT2D eigenvalue weighted by atomic mass is 16.2. The van der Waals surface area contributed by atoms with Crippen LogP contribution in [0, 0.1) is 23.2 Å². The van der Waals surface area contributed by atoms with E-state index in [9.17, 15) is 9.59 Å². The maximum absolute atomic E-state index is 13.3. The Bertz CT molecular complexity index is 1080. The lowest BCUT2D eigenvalue weighted by Crippen LogP contribution is -2.51. The summed E-state index contributed by atoms with van der Waals surface area (Å²) in [7, 11) is 0. The van der Waals surface area contributed by atoms with E-state index in [1.807, 2.05) is 23.2 Å². The Morgan fingerprint density at radius 1 is 1.11 bits per heavy atom. The molecule has 0 radical (unpaired) electrons. The number of hydrogen-bond acceptors (Lipinski definition) is 4. The van der Waals surface area contributed by atoms with E-state index in [2.05, 4.69) is 29.2 Å². The van der Waals surface area contributed by atoms with Crippen molar-refractivity contribution in [1.29, 1.82) is 0 Å². The molecule has 7 rings (SSSR count). The van der Waals surface area contributed by atoms with E-state index >= 15 is 0 Å². The average molecular weight is 478 g/mol. The van der Waals surface area contributed by atoms with Gasteiger partial charge in [0.05, 0.1) is 11.1 Å². The number of nitrogens with zero attached hydrogens (tertiary/aromatic N) is 4. The van der Waals surface area contributed by atoms with Crippen LogP contribution in [0.2, 0.25) is 0 Å². The third-order valence-corrected chi connectivity index (χ3v) is 9.53. The summed E-state index contributed by atoms with van der Waals surface area (Å²) in [5.41, 5.74) is 2.03. The lowest BCUT2D eigenvalue weighted by molar-refractivity contribution is -0.0503. The molecule has 1 saturated heterocycles. The van der Waals surface area contributed by atoms with Gasteiger partial charge in [-0.15, -0.1) is 0 Å². The standard InChI is InChI=1S/C28H39N5O2/c1-3-31(4-2)22-7-9-32(17-22)27(35)24-13-25-23(6-5-8-33(25)30-24)26(34)29-18-28-14-19-10-20(15-28)12-21(11-19)16-28/h5-6,8,13,19-22H,3-4,7,9-12,14-18H2,1-2H3,(H,29,34)/t19?,20?,21?,22-,28?/m1/s1. The molecule has 5 fully saturated rings. The molecule has 0 aromatic carbocycles. The highest BCUT2D eigenvalue weighted by Gasteiger charge is 2.50. The minimum absolute atomic E-state index is 0.0386. The van der Waals surface area contributed by atoms with Crippen LogP contribution in [0.4, 0.5) is 0 Å². The molecule has 1 atom stereocenters. The van der Waals surface area contributed by atoms with Gasteiger partial charge >= 0.3 is 0 Å². The molecule has 1 aliphatic heterocycles. The van der Waals surface area contributed by atoms with Crippen molar-refractivity contribution in [1.82, 2.24) is 24.7 Å². The van der Waals surface area contributed by atoms with Gasteiger partial charge in [-0.3, -0.25) is 14.5 Å². The number of nitrogens with one attached hydrogen (secondary N) is 1. The van der Waals surface area contributed by atoms with E-state index in [0.717, 1.165) is 56.9 Å². The molecule has 0 spiro atoms. The predicted molar refractivity (Wildman–Crippen MR) is 135 cm³/mol. The summed E-state index contributed by atoms with van der Waals surface area (Å²) in [5, 5.41) is 7.85. The normalized spacial score (nSPS) is 31.6. The van der Waals surface area contributed by atoms with Crippen LogP contribution in [0.3, 0.4) is 0 Å². The molecule has 3 heterocycles. The summed E-state index contributed by atoms with van der Waals surface area (Å²) in [6.07, 6.45) is 10.9.